The lowest BCUT2D eigenvalue weighted by molar-refractivity contribution is -0.384. The molecule has 1 aliphatic heterocycles. The molecule has 75 heavy (non-hydrogen) atoms. The molecule has 0 aliphatic carbocycles. The number of nitro groups is 1. The number of para-hydroxylation sites is 2. The average molecular weight is 1010 g/mol. The van der Waals surface area contributed by atoms with E-state index in [1.54, 1.807) is 38.1 Å². The molecule has 2 aromatic heterocycles. The van der Waals surface area contributed by atoms with Crippen LogP contribution in [-0.4, -0.2) is 74.0 Å². The van der Waals surface area contributed by atoms with E-state index >= 15 is 0 Å². The Morgan fingerprint density at radius 2 is 1.47 bits per heavy atom. The Morgan fingerprint density at radius 3 is 2.16 bits per heavy atom. The monoisotopic (exact) mass is 1010 g/mol. The number of fused-ring (bicyclic) bond motifs is 2. The van der Waals surface area contributed by atoms with Gasteiger partial charge in [0.15, 0.2) is 0 Å². The zero-order valence-corrected chi connectivity index (χ0v) is 42.7. The van der Waals surface area contributed by atoms with Crippen molar-refractivity contribution in [2.45, 2.75) is 53.0 Å². The van der Waals surface area contributed by atoms with E-state index in [0.717, 1.165) is 79.9 Å². The van der Waals surface area contributed by atoms with Gasteiger partial charge in [0.05, 0.1) is 56.2 Å². The maximum atomic E-state index is 13.3. The second-order valence-electron chi connectivity index (χ2n) is 18.1. The molecule has 3 heterocycles. The lowest BCUT2D eigenvalue weighted by Crippen LogP contribution is -2.32. The van der Waals surface area contributed by atoms with Gasteiger partial charge in [0.25, 0.3) is 5.69 Å². The van der Waals surface area contributed by atoms with Gasteiger partial charge in [-0.2, -0.15) is 0 Å². The van der Waals surface area contributed by atoms with E-state index in [0.29, 0.717) is 29.1 Å². The number of aromatic carboxylic acids is 1. The second-order valence-corrected chi connectivity index (χ2v) is 18.1. The van der Waals surface area contributed by atoms with Gasteiger partial charge in [-0.3, -0.25) is 10.1 Å². The van der Waals surface area contributed by atoms with Gasteiger partial charge in [0, 0.05) is 56.2 Å². The molecular formula is C60H58N6O9. The zero-order chi connectivity index (χ0) is 53.2. The first-order valence-corrected chi connectivity index (χ1v) is 24.6. The average Bonchev–Trinajstić information content (AvgIpc) is 3.94. The van der Waals surface area contributed by atoms with Crippen LogP contribution in [-0.2, 0) is 43.8 Å². The zero-order valence-electron chi connectivity index (χ0n) is 42.7. The number of benzene rings is 6. The highest BCUT2D eigenvalue weighted by molar-refractivity contribution is 6.00. The largest absolute Gasteiger partial charge is 0.478 e. The Hall–Kier alpha value is -8.95. The number of hydrogen-bond donors (Lipinski definition) is 2. The van der Waals surface area contributed by atoms with Gasteiger partial charge in [-0.1, -0.05) is 110 Å². The van der Waals surface area contributed by atoms with Crippen LogP contribution in [0.15, 0.2) is 168 Å². The van der Waals surface area contributed by atoms with Crippen molar-refractivity contribution in [2.75, 3.05) is 26.9 Å². The molecule has 0 saturated heterocycles. The SMILES string of the molecule is CCCc1nc2c(C)cc(-c3nc4ccccc4n3C)cc2n1Cc1ccc(-c2ccccc2C(=O)O)cc1.COCCOC(=O)C1=C(C)NC(C)=C(C(=O)OC/C=C/c2ccccc2)C1c1cccc([N+](=O)[O-])c1. The standard InChI is InChI=1S/C33H30N4O2.C27H28N2O7/c1-4-9-30-35-31-21(2)18-24(32-34-27-12-7-8-13-28(27)36(32)3)19-29(31)37(30)20-22-14-16-23(17-15-22)25-10-5-6-11-26(25)33(38)39;1-18-23(26(30)35-14-8-11-20-9-5-4-6-10-20)25(21-12-7-13-22(17-21)29(32)33)24(19(2)28-18)27(31)36-16-15-34-3/h5-8,10-19H,4,9,20H2,1-3H3,(H,38,39);4-13,17,25,28H,14-16H2,1-3H3/b;11-8+. The van der Waals surface area contributed by atoms with Gasteiger partial charge in [0.2, 0.25) is 0 Å². The minimum Gasteiger partial charge on any atom is -0.478 e. The summed E-state index contributed by atoms with van der Waals surface area (Å²) in [6.07, 6.45) is 5.43. The lowest BCUT2D eigenvalue weighted by Gasteiger charge is -2.30. The van der Waals surface area contributed by atoms with Gasteiger partial charge in [-0.25, -0.2) is 24.4 Å². The van der Waals surface area contributed by atoms with E-state index in [1.807, 2.05) is 78.9 Å². The Morgan fingerprint density at radius 1 is 0.773 bits per heavy atom. The first-order valence-electron chi connectivity index (χ1n) is 24.6. The Labute approximate surface area is 434 Å². The molecule has 0 fully saturated rings. The fourth-order valence-corrected chi connectivity index (χ4v) is 9.39. The maximum Gasteiger partial charge on any atom is 0.337 e. The number of allylic oxidation sites excluding steroid dienone is 2. The number of ether oxygens (including phenoxy) is 3. The summed E-state index contributed by atoms with van der Waals surface area (Å²) in [5.41, 5.74) is 12.0. The van der Waals surface area contributed by atoms with Crippen molar-refractivity contribution in [3.05, 3.63) is 212 Å². The van der Waals surface area contributed by atoms with Gasteiger partial charge < -0.3 is 33.8 Å². The highest BCUT2D eigenvalue weighted by Crippen LogP contribution is 2.40. The minimum atomic E-state index is -0.924. The Kier molecular flexibility index (Phi) is 16.6. The van der Waals surface area contributed by atoms with E-state index in [9.17, 15) is 29.6 Å². The topological polar surface area (TPSA) is 190 Å². The van der Waals surface area contributed by atoms with Crippen molar-refractivity contribution in [2.24, 2.45) is 7.05 Å². The molecular weight excluding hydrogens is 949 g/mol. The van der Waals surface area contributed by atoms with Gasteiger partial charge >= 0.3 is 17.9 Å². The summed E-state index contributed by atoms with van der Waals surface area (Å²) in [6.45, 7) is 8.57. The van der Waals surface area contributed by atoms with Crippen LogP contribution in [0, 0.1) is 17.0 Å². The number of nitrogens with one attached hydrogen (secondary N) is 1. The van der Waals surface area contributed by atoms with Crippen molar-refractivity contribution < 1.29 is 38.6 Å². The first kappa shape index (κ1) is 52.4. The van der Waals surface area contributed by atoms with E-state index in [-0.39, 0.29) is 36.7 Å². The van der Waals surface area contributed by atoms with Gasteiger partial charge in [-0.05, 0) is 97.0 Å². The molecule has 382 valence electrons. The molecule has 2 N–H and O–H groups in total. The maximum absolute atomic E-state index is 13.3. The number of carbonyl (C=O) groups excluding carboxylic acids is 2. The molecule has 9 rings (SSSR count). The van der Waals surface area contributed by atoms with E-state index in [1.165, 1.54) is 25.3 Å². The molecule has 15 nitrogen and oxygen atoms in total. The number of hydrogen-bond acceptors (Lipinski definition) is 11. The van der Waals surface area contributed by atoms with Crippen molar-refractivity contribution >= 4 is 51.7 Å². The minimum absolute atomic E-state index is 0.00246. The van der Waals surface area contributed by atoms with Crippen molar-refractivity contribution in [3.63, 3.8) is 0 Å². The van der Waals surface area contributed by atoms with Crippen molar-refractivity contribution in [1.29, 1.82) is 0 Å². The number of carboxylic acids is 1. The molecule has 0 saturated carbocycles. The van der Waals surface area contributed by atoms with Gasteiger partial charge in [0.1, 0.15) is 24.9 Å². The second kappa shape index (κ2) is 23.7. The number of carbonyl (C=O) groups is 3. The van der Waals surface area contributed by atoms with Crippen LogP contribution in [0.2, 0.25) is 0 Å². The van der Waals surface area contributed by atoms with Crippen LogP contribution in [0.1, 0.15) is 71.5 Å². The number of methoxy groups -OCH3 is 1. The quantitative estimate of drug-likeness (QED) is 0.0380. The molecule has 0 bridgehead atoms. The molecule has 1 atom stereocenters. The summed E-state index contributed by atoms with van der Waals surface area (Å²) in [6, 6.07) is 43.3. The Bertz CT molecular complexity index is 3520. The highest BCUT2D eigenvalue weighted by atomic mass is 16.6. The van der Waals surface area contributed by atoms with Gasteiger partial charge in [-0.15, -0.1) is 0 Å². The summed E-state index contributed by atoms with van der Waals surface area (Å²) < 4.78 is 20.3. The number of non-ortho nitro benzene ring substituents is 1. The normalized spacial score (nSPS) is 13.4. The molecule has 0 radical (unpaired) electrons. The smallest absolute Gasteiger partial charge is 0.337 e. The molecule has 6 aromatic carbocycles. The first-order chi connectivity index (χ1) is 36.3. The van der Waals surface area contributed by atoms with E-state index < -0.39 is 28.7 Å². The predicted octanol–water partition coefficient (Wildman–Crippen LogP) is 11.5. The lowest BCUT2D eigenvalue weighted by atomic mass is 9.80. The van der Waals surface area contributed by atoms with E-state index in [4.69, 9.17) is 24.2 Å². The van der Waals surface area contributed by atoms with Crippen LogP contribution in [0.5, 0.6) is 0 Å². The number of rotatable bonds is 17. The summed E-state index contributed by atoms with van der Waals surface area (Å²) in [5.74, 6) is -1.15. The summed E-state index contributed by atoms with van der Waals surface area (Å²) in [5, 5.41) is 24.1. The van der Waals surface area contributed by atoms with Crippen LogP contribution in [0.3, 0.4) is 0 Å². The number of aromatic nitrogens is 4. The third-order valence-electron chi connectivity index (χ3n) is 13.0. The number of imidazole rings is 2. The number of dihydropyridines is 1. The molecule has 15 heteroatoms. The molecule has 0 spiro atoms. The summed E-state index contributed by atoms with van der Waals surface area (Å²) >= 11 is 0. The third-order valence-corrected chi connectivity index (χ3v) is 13.0. The number of nitro benzene ring substituents is 1. The number of aryl methyl sites for hydroxylation is 3. The fraction of sp³-hybridized carbons (Fsp3) is 0.217. The van der Waals surface area contributed by atoms with Crippen LogP contribution in [0.4, 0.5) is 5.69 Å². The van der Waals surface area contributed by atoms with Crippen LogP contribution < -0.4 is 5.32 Å². The summed E-state index contributed by atoms with van der Waals surface area (Å²) in [4.78, 5) is 59.0. The van der Waals surface area contributed by atoms with Crippen molar-refractivity contribution in [3.8, 4) is 22.5 Å². The number of carboxylic acid groups (broad SMARTS) is 1. The predicted molar refractivity (Wildman–Crippen MR) is 290 cm³/mol. The molecule has 8 aromatic rings. The molecule has 1 unspecified atom stereocenters. The third kappa shape index (κ3) is 11.8. The van der Waals surface area contributed by atoms with E-state index in [2.05, 4.69) is 65.7 Å². The molecule has 0 amide bonds. The number of esters is 2. The molecule has 1 aliphatic rings. The van der Waals surface area contributed by atoms with Crippen LogP contribution in [0.25, 0.3) is 50.7 Å². The Balaban J connectivity index is 0.000000200. The highest BCUT2D eigenvalue weighted by Gasteiger charge is 2.38. The summed E-state index contributed by atoms with van der Waals surface area (Å²) in [7, 11) is 3.55. The fourth-order valence-electron chi connectivity index (χ4n) is 9.39. The number of nitrogens with zero attached hydrogens (tertiary/aromatic N) is 5. The van der Waals surface area contributed by atoms with Crippen LogP contribution >= 0.6 is 0 Å². The van der Waals surface area contributed by atoms with Crippen molar-refractivity contribution in [1.82, 2.24) is 24.4 Å².